The van der Waals surface area contributed by atoms with Crippen LogP contribution in [0.3, 0.4) is 0 Å². The van der Waals surface area contributed by atoms with Crippen LogP contribution in [0.5, 0.6) is 0 Å². The maximum Gasteiger partial charge on any atom is 0.0593 e. The van der Waals surface area contributed by atoms with E-state index in [1.165, 1.54) is 0 Å². The highest BCUT2D eigenvalue weighted by Gasteiger charge is 2.07. The van der Waals surface area contributed by atoms with Crippen LogP contribution in [0, 0.1) is 0 Å². The van der Waals surface area contributed by atoms with Crippen LogP contribution in [-0.4, -0.2) is 25.5 Å². The van der Waals surface area contributed by atoms with Gasteiger partial charge in [0.25, 0.3) is 0 Å². The molecule has 0 unspecified atom stereocenters. The van der Waals surface area contributed by atoms with Gasteiger partial charge in [0.15, 0.2) is 0 Å². The van der Waals surface area contributed by atoms with Gasteiger partial charge in [-0.3, -0.25) is 10.0 Å². The zero-order valence-corrected chi connectivity index (χ0v) is 19.3. The summed E-state index contributed by atoms with van der Waals surface area (Å²) >= 11 is 0. The van der Waals surface area contributed by atoms with Crippen LogP contribution in [-0.2, 0) is 0 Å². The summed E-state index contributed by atoms with van der Waals surface area (Å²) in [6, 6.07) is 41.1. The fraction of sp³-hybridized carbons (Fsp3) is 0.133. The Bertz CT molecular complexity index is 1050. The molecule has 4 nitrogen and oxygen atoms in total. The minimum Gasteiger partial charge on any atom is -0.266 e. The molecule has 0 fully saturated rings. The minimum atomic E-state index is 0.832. The highest BCUT2D eigenvalue weighted by atomic mass is 15.5. The Balaban J connectivity index is 1.40. The summed E-state index contributed by atoms with van der Waals surface area (Å²) in [6.07, 6.45) is 5.83. The molecule has 34 heavy (non-hydrogen) atoms. The first-order valence-corrected chi connectivity index (χ1v) is 11.7. The summed E-state index contributed by atoms with van der Waals surface area (Å²) in [7, 11) is 0. The molecule has 0 saturated carbocycles. The summed E-state index contributed by atoms with van der Waals surface area (Å²) in [4.78, 5) is 0. The smallest absolute Gasteiger partial charge is 0.0593 e. The Hall–Kier alpha value is -4.18. The van der Waals surface area contributed by atoms with E-state index >= 15 is 0 Å². The van der Waals surface area contributed by atoms with Crippen molar-refractivity contribution < 1.29 is 0 Å². The summed E-state index contributed by atoms with van der Waals surface area (Å²) in [5, 5.41) is 13.7. The minimum absolute atomic E-state index is 0.832. The third-order valence-electron chi connectivity index (χ3n) is 5.39. The molecule has 0 aliphatic carbocycles. The number of nitrogens with zero attached hydrogens (tertiary/aromatic N) is 4. The second-order valence-corrected chi connectivity index (χ2v) is 7.93. The van der Waals surface area contributed by atoms with Gasteiger partial charge in [-0.05, 0) is 48.2 Å². The van der Waals surface area contributed by atoms with Crippen LogP contribution in [0.4, 0.5) is 11.4 Å². The molecule has 0 N–H and O–H groups in total. The Morgan fingerprint density at radius 2 is 0.765 bits per heavy atom. The molecule has 0 saturated heterocycles. The number of hydrogen-bond donors (Lipinski definition) is 0. The molecule has 0 aliphatic rings. The van der Waals surface area contributed by atoms with E-state index in [4.69, 9.17) is 10.2 Å². The summed E-state index contributed by atoms with van der Waals surface area (Å²) in [6.45, 7) is 1.66. The quantitative estimate of drug-likeness (QED) is 0.143. The average Bonchev–Trinajstić information content (AvgIpc) is 2.92. The second-order valence-electron chi connectivity index (χ2n) is 7.93. The van der Waals surface area contributed by atoms with Gasteiger partial charge in [0.2, 0.25) is 0 Å². The van der Waals surface area contributed by atoms with E-state index in [1.807, 2.05) is 61.0 Å². The first-order chi connectivity index (χ1) is 16.9. The molecular weight excluding hydrogens is 416 g/mol. The molecule has 0 aromatic heterocycles. The van der Waals surface area contributed by atoms with Gasteiger partial charge in [0, 0.05) is 13.1 Å². The Labute approximate surface area is 202 Å². The first-order valence-electron chi connectivity index (χ1n) is 11.7. The van der Waals surface area contributed by atoms with Gasteiger partial charge in [0.1, 0.15) is 0 Å². The van der Waals surface area contributed by atoms with Crippen molar-refractivity contribution in [2.24, 2.45) is 10.2 Å². The largest absolute Gasteiger partial charge is 0.266 e. The molecule has 4 aromatic rings. The van der Waals surface area contributed by atoms with Crippen molar-refractivity contribution in [2.75, 3.05) is 23.1 Å². The Morgan fingerprint density at radius 1 is 0.441 bits per heavy atom. The van der Waals surface area contributed by atoms with Gasteiger partial charge in [0.05, 0.1) is 23.8 Å². The molecule has 4 rings (SSSR count). The van der Waals surface area contributed by atoms with Gasteiger partial charge in [-0.2, -0.15) is 10.2 Å². The number of rotatable bonds is 11. The second kappa shape index (κ2) is 12.8. The fourth-order valence-corrected chi connectivity index (χ4v) is 3.58. The predicted octanol–water partition coefficient (Wildman–Crippen LogP) is 6.85. The number of hydrogen-bond acceptors (Lipinski definition) is 4. The van der Waals surface area contributed by atoms with Crippen LogP contribution in [0.25, 0.3) is 0 Å². The van der Waals surface area contributed by atoms with Crippen LogP contribution in [0.2, 0.25) is 0 Å². The summed E-state index contributed by atoms with van der Waals surface area (Å²) in [5.41, 5.74) is 4.37. The van der Waals surface area contributed by atoms with Crippen LogP contribution in [0.15, 0.2) is 132 Å². The first kappa shape index (κ1) is 23.0. The summed E-state index contributed by atoms with van der Waals surface area (Å²) < 4.78 is 0. The molecule has 0 atom stereocenters. The van der Waals surface area contributed by atoms with E-state index in [1.54, 1.807) is 0 Å². The van der Waals surface area contributed by atoms with E-state index in [0.717, 1.165) is 48.4 Å². The van der Waals surface area contributed by atoms with Gasteiger partial charge >= 0.3 is 0 Å². The monoisotopic (exact) mass is 446 g/mol. The molecule has 0 bridgehead atoms. The van der Waals surface area contributed by atoms with Gasteiger partial charge in [-0.15, -0.1) is 0 Å². The maximum atomic E-state index is 4.78. The van der Waals surface area contributed by atoms with E-state index in [9.17, 15) is 0 Å². The Kier molecular flexibility index (Phi) is 8.63. The van der Waals surface area contributed by atoms with E-state index in [0.29, 0.717) is 0 Å². The molecule has 0 spiro atoms. The van der Waals surface area contributed by atoms with Gasteiger partial charge in [-0.25, -0.2) is 0 Å². The Morgan fingerprint density at radius 3 is 1.12 bits per heavy atom. The van der Waals surface area contributed by atoms with Gasteiger partial charge < -0.3 is 0 Å². The number of para-hydroxylation sites is 2. The zero-order valence-electron chi connectivity index (χ0n) is 19.3. The van der Waals surface area contributed by atoms with Crippen molar-refractivity contribution in [1.82, 2.24) is 0 Å². The number of anilines is 2. The molecule has 0 aliphatic heterocycles. The molecule has 0 radical (unpaired) electrons. The zero-order chi connectivity index (χ0) is 23.3. The third-order valence-corrected chi connectivity index (χ3v) is 5.39. The number of hydrazone groups is 2. The SMILES string of the molecule is C(=NN(CCCCN(N=Cc1ccccc1)c1ccccc1)c1ccccc1)c1ccccc1. The van der Waals surface area contributed by atoms with Crippen LogP contribution >= 0.6 is 0 Å². The predicted molar refractivity (Wildman–Crippen MR) is 145 cm³/mol. The lowest BCUT2D eigenvalue weighted by Gasteiger charge is -2.22. The molecule has 0 amide bonds. The molecule has 170 valence electrons. The lowest BCUT2D eigenvalue weighted by atomic mass is 10.2. The highest BCUT2D eigenvalue weighted by Crippen LogP contribution is 2.17. The van der Waals surface area contributed by atoms with Crippen molar-refractivity contribution >= 4 is 23.8 Å². The van der Waals surface area contributed by atoms with Crippen LogP contribution < -0.4 is 10.0 Å². The number of unbranched alkanes of at least 4 members (excludes halogenated alkanes) is 1. The lowest BCUT2D eigenvalue weighted by molar-refractivity contribution is 0.681. The molecule has 4 heteroatoms. The van der Waals surface area contributed by atoms with Crippen molar-refractivity contribution in [3.63, 3.8) is 0 Å². The normalized spacial score (nSPS) is 11.2. The maximum absolute atomic E-state index is 4.78. The van der Waals surface area contributed by atoms with E-state index in [2.05, 4.69) is 82.8 Å². The van der Waals surface area contributed by atoms with Gasteiger partial charge in [-0.1, -0.05) is 97.1 Å². The van der Waals surface area contributed by atoms with Crippen molar-refractivity contribution in [3.05, 3.63) is 132 Å². The average molecular weight is 447 g/mol. The van der Waals surface area contributed by atoms with E-state index < -0.39 is 0 Å². The van der Waals surface area contributed by atoms with Crippen molar-refractivity contribution in [3.8, 4) is 0 Å². The number of benzene rings is 4. The van der Waals surface area contributed by atoms with Crippen LogP contribution in [0.1, 0.15) is 24.0 Å². The highest BCUT2D eigenvalue weighted by molar-refractivity contribution is 5.80. The fourth-order valence-electron chi connectivity index (χ4n) is 3.58. The topological polar surface area (TPSA) is 31.2 Å². The van der Waals surface area contributed by atoms with Crippen molar-refractivity contribution in [2.45, 2.75) is 12.8 Å². The van der Waals surface area contributed by atoms with E-state index in [-0.39, 0.29) is 0 Å². The lowest BCUT2D eigenvalue weighted by Crippen LogP contribution is -2.22. The summed E-state index contributed by atoms with van der Waals surface area (Å²) in [5.74, 6) is 0. The third kappa shape index (κ3) is 7.17. The standard InChI is InChI=1S/C30H30N4/c1-5-15-27(16-6-1)25-31-33(29-19-9-3-10-20-29)23-13-14-24-34(30-21-11-4-12-22-30)32-26-28-17-7-2-8-18-28/h1-12,15-22,25-26H,13-14,23-24H2. The van der Waals surface area contributed by atoms with Crippen molar-refractivity contribution in [1.29, 1.82) is 0 Å². The molecular formula is C30H30N4. The molecule has 4 aromatic carbocycles. The molecule has 0 heterocycles.